The van der Waals surface area contributed by atoms with Crippen LogP contribution in [0.15, 0.2) is 75.3 Å². The van der Waals surface area contributed by atoms with E-state index < -0.39 is 17.4 Å². The fourth-order valence-corrected chi connectivity index (χ4v) is 5.45. The molecule has 4 rings (SSSR count). The van der Waals surface area contributed by atoms with Crippen molar-refractivity contribution in [3.63, 3.8) is 0 Å². The minimum absolute atomic E-state index is 0.0121. The van der Waals surface area contributed by atoms with Gasteiger partial charge in [0.15, 0.2) is 0 Å². The number of hydrogen-bond acceptors (Lipinski definition) is 4. The van der Waals surface area contributed by atoms with Crippen molar-refractivity contribution in [3.05, 3.63) is 92.1 Å². The molecule has 0 bridgehead atoms. The van der Waals surface area contributed by atoms with E-state index in [1.54, 1.807) is 36.5 Å². The van der Waals surface area contributed by atoms with E-state index >= 15 is 0 Å². The van der Waals surface area contributed by atoms with Crippen LogP contribution in [0.5, 0.6) is 0 Å². The number of amides is 1. The van der Waals surface area contributed by atoms with E-state index in [-0.39, 0.29) is 11.1 Å². The number of aromatic carboxylic acids is 1. The summed E-state index contributed by atoms with van der Waals surface area (Å²) in [5, 5.41) is 21.9. The standard InChI is InChI=1S/C27H21Br2N3O3/c28-22-14-23(29)24(31-16-22)13-20(15-30)25(33)32-27(11-1-2-12-27)21-9-7-18(8-10-21)17-3-5-19(6-4-17)26(34)35/h3-10,13-14,16H,1-2,11-12H2,(H,32,33)(H,34,35). The summed E-state index contributed by atoms with van der Waals surface area (Å²) < 4.78 is 1.46. The Morgan fingerprint density at radius 1 is 1.03 bits per heavy atom. The third-order valence-corrected chi connectivity index (χ3v) is 7.26. The molecule has 2 aromatic carbocycles. The molecule has 0 spiro atoms. The van der Waals surface area contributed by atoms with Gasteiger partial charge in [0.05, 0.1) is 16.8 Å². The van der Waals surface area contributed by atoms with Crippen LogP contribution in [-0.4, -0.2) is 22.0 Å². The van der Waals surface area contributed by atoms with Crippen molar-refractivity contribution in [2.45, 2.75) is 31.2 Å². The van der Waals surface area contributed by atoms with E-state index in [1.165, 1.54) is 6.08 Å². The molecule has 1 amide bonds. The van der Waals surface area contributed by atoms with E-state index in [4.69, 9.17) is 5.11 Å². The molecule has 3 aromatic rings. The maximum Gasteiger partial charge on any atom is 0.335 e. The summed E-state index contributed by atoms with van der Waals surface area (Å²) in [5.74, 6) is -1.39. The number of carboxylic acids is 1. The lowest BCUT2D eigenvalue weighted by molar-refractivity contribution is -0.119. The molecule has 1 heterocycles. The Morgan fingerprint density at radius 2 is 1.63 bits per heavy atom. The van der Waals surface area contributed by atoms with Crippen molar-refractivity contribution in [2.75, 3.05) is 0 Å². The Hall–Kier alpha value is -3.28. The Kier molecular flexibility index (Phi) is 7.48. The first-order valence-electron chi connectivity index (χ1n) is 11.0. The lowest BCUT2D eigenvalue weighted by Crippen LogP contribution is -2.44. The molecule has 0 atom stereocenters. The lowest BCUT2D eigenvalue weighted by Gasteiger charge is -2.31. The van der Waals surface area contributed by atoms with Crippen molar-refractivity contribution in [3.8, 4) is 17.2 Å². The molecule has 1 aliphatic rings. The number of carbonyl (C=O) groups excluding carboxylic acids is 1. The number of carboxylic acid groups (broad SMARTS) is 1. The van der Waals surface area contributed by atoms with Crippen molar-refractivity contribution in [2.24, 2.45) is 0 Å². The average molecular weight is 595 g/mol. The van der Waals surface area contributed by atoms with Gasteiger partial charge in [-0.3, -0.25) is 9.78 Å². The molecule has 1 saturated carbocycles. The largest absolute Gasteiger partial charge is 0.478 e. The second-order valence-electron chi connectivity index (χ2n) is 8.39. The Labute approximate surface area is 220 Å². The highest BCUT2D eigenvalue weighted by molar-refractivity contribution is 9.11. The number of hydrogen-bond donors (Lipinski definition) is 2. The van der Waals surface area contributed by atoms with Gasteiger partial charge in [-0.15, -0.1) is 0 Å². The molecule has 8 heteroatoms. The van der Waals surface area contributed by atoms with Crippen LogP contribution in [0.25, 0.3) is 17.2 Å². The third-order valence-electron chi connectivity index (χ3n) is 6.19. The van der Waals surface area contributed by atoms with Gasteiger partial charge in [-0.25, -0.2) is 4.79 Å². The van der Waals surface area contributed by atoms with Gasteiger partial charge >= 0.3 is 5.97 Å². The number of aromatic nitrogens is 1. The number of carbonyl (C=O) groups is 2. The number of nitriles is 1. The second kappa shape index (κ2) is 10.5. The monoisotopic (exact) mass is 593 g/mol. The number of pyridine rings is 1. The minimum atomic E-state index is -0.958. The Bertz CT molecular complexity index is 1340. The molecule has 2 N–H and O–H groups in total. The van der Waals surface area contributed by atoms with Crippen molar-refractivity contribution in [1.82, 2.24) is 10.3 Å². The van der Waals surface area contributed by atoms with Gasteiger partial charge in [-0.05, 0) is 85.7 Å². The van der Waals surface area contributed by atoms with E-state index in [0.717, 1.165) is 46.8 Å². The number of halogens is 2. The molecule has 0 radical (unpaired) electrons. The van der Waals surface area contributed by atoms with Crippen molar-refractivity contribution < 1.29 is 14.7 Å². The maximum atomic E-state index is 13.2. The molecule has 6 nitrogen and oxygen atoms in total. The van der Waals surface area contributed by atoms with Crippen LogP contribution < -0.4 is 5.32 Å². The van der Waals surface area contributed by atoms with Gasteiger partial charge in [0.2, 0.25) is 0 Å². The summed E-state index contributed by atoms with van der Waals surface area (Å²) in [5.41, 5.74) is 3.02. The quantitative estimate of drug-likeness (QED) is 0.252. The number of nitrogens with zero attached hydrogens (tertiary/aromatic N) is 2. The molecule has 1 aromatic heterocycles. The zero-order valence-electron chi connectivity index (χ0n) is 18.6. The number of benzene rings is 2. The predicted molar refractivity (Wildman–Crippen MR) is 140 cm³/mol. The average Bonchev–Trinajstić information content (AvgIpc) is 3.33. The summed E-state index contributed by atoms with van der Waals surface area (Å²) in [6.07, 6.45) is 6.61. The van der Waals surface area contributed by atoms with Gasteiger partial charge in [0, 0.05) is 15.1 Å². The smallest absolute Gasteiger partial charge is 0.335 e. The number of rotatable bonds is 6. The van der Waals surface area contributed by atoms with Crippen molar-refractivity contribution >= 4 is 49.8 Å². The SMILES string of the molecule is N#CC(=Cc1ncc(Br)cc1Br)C(=O)NC1(c2ccc(-c3ccc(C(=O)O)cc3)cc2)CCCC1. The fourth-order valence-electron chi connectivity index (χ4n) is 4.35. The highest BCUT2D eigenvalue weighted by Crippen LogP contribution is 2.39. The van der Waals surface area contributed by atoms with Crippen LogP contribution in [0.1, 0.15) is 47.3 Å². The summed E-state index contributed by atoms with van der Waals surface area (Å²) in [6, 6.07) is 18.5. The van der Waals surface area contributed by atoms with Crippen LogP contribution in [0.3, 0.4) is 0 Å². The predicted octanol–water partition coefficient (Wildman–Crippen LogP) is 6.46. The molecular formula is C27H21Br2N3O3. The molecule has 0 saturated heterocycles. The van der Waals surface area contributed by atoms with E-state index in [2.05, 4.69) is 42.2 Å². The van der Waals surface area contributed by atoms with Crippen LogP contribution in [-0.2, 0) is 10.3 Å². The summed E-state index contributed by atoms with van der Waals surface area (Å²) in [4.78, 5) is 28.5. The van der Waals surface area contributed by atoms with Gasteiger partial charge in [-0.1, -0.05) is 49.2 Å². The Morgan fingerprint density at radius 3 is 2.17 bits per heavy atom. The van der Waals surface area contributed by atoms with Crippen LogP contribution in [0.2, 0.25) is 0 Å². The summed E-state index contributed by atoms with van der Waals surface area (Å²) in [7, 11) is 0. The van der Waals surface area contributed by atoms with E-state index in [9.17, 15) is 14.9 Å². The third kappa shape index (κ3) is 5.53. The van der Waals surface area contributed by atoms with Gasteiger partial charge in [0.1, 0.15) is 11.6 Å². The zero-order valence-corrected chi connectivity index (χ0v) is 21.8. The molecule has 176 valence electrons. The maximum absolute atomic E-state index is 13.2. The van der Waals surface area contributed by atoms with Crippen molar-refractivity contribution in [1.29, 1.82) is 5.26 Å². The first-order valence-corrected chi connectivity index (χ1v) is 12.6. The minimum Gasteiger partial charge on any atom is -0.478 e. The first kappa shape index (κ1) is 24.8. The lowest BCUT2D eigenvalue weighted by atomic mass is 9.86. The summed E-state index contributed by atoms with van der Waals surface area (Å²) >= 11 is 6.77. The molecule has 35 heavy (non-hydrogen) atoms. The van der Waals surface area contributed by atoms with Gasteiger partial charge in [0.25, 0.3) is 5.91 Å². The highest BCUT2D eigenvalue weighted by atomic mass is 79.9. The molecule has 0 aliphatic heterocycles. The van der Waals surface area contributed by atoms with Crippen LogP contribution in [0.4, 0.5) is 0 Å². The number of nitrogens with one attached hydrogen (secondary N) is 1. The molecule has 0 unspecified atom stereocenters. The van der Waals surface area contributed by atoms with Gasteiger partial charge < -0.3 is 10.4 Å². The molecule has 1 fully saturated rings. The second-order valence-corrected chi connectivity index (χ2v) is 10.2. The topological polar surface area (TPSA) is 103 Å². The normalized spacial score (nSPS) is 14.8. The van der Waals surface area contributed by atoms with Crippen LogP contribution >= 0.6 is 31.9 Å². The molecule has 1 aliphatic carbocycles. The van der Waals surface area contributed by atoms with E-state index in [1.807, 2.05) is 30.3 Å². The Balaban J connectivity index is 1.58. The van der Waals surface area contributed by atoms with Crippen LogP contribution in [0, 0.1) is 11.3 Å². The molecular weight excluding hydrogens is 574 g/mol. The highest BCUT2D eigenvalue weighted by Gasteiger charge is 2.37. The zero-order chi connectivity index (χ0) is 25.0. The fraction of sp³-hybridized carbons (Fsp3) is 0.185. The summed E-state index contributed by atoms with van der Waals surface area (Å²) in [6.45, 7) is 0. The van der Waals surface area contributed by atoms with Gasteiger partial charge in [-0.2, -0.15) is 5.26 Å². The van der Waals surface area contributed by atoms with E-state index in [0.29, 0.717) is 10.2 Å². The first-order chi connectivity index (χ1) is 16.8.